The van der Waals surface area contributed by atoms with Gasteiger partial charge in [0, 0.05) is 0 Å². The molecule has 1 radical (unpaired) electrons. The van der Waals surface area contributed by atoms with Gasteiger partial charge in [0.1, 0.15) is 0 Å². The van der Waals surface area contributed by atoms with Gasteiger partial charge in [-0.1, -0.05) is 0 Å². The number of rotatable bonds is 7. The summed E-state index contributed by atoms with van der Waals surface area (Å²) < 4.78 is 4.08. The third kappa shape index (κ3) is 6.33. The zero-order chi connectivity index (χ0) is 20.2. The van der Waals surface area contributed by atoms with Crippen LogP contribution in [0.15, 0.2) is 84.9 Å². The first kappa shape index (κ1) is 24.0. The largest absolute Gasteiger partial charge is 0.269 e. The maximum absolute atomic E-state index is 6.40. The van der Waals surface area contributed by atoms with E-state index in [0.717, 1.165) is 5.02 Å². The molecular weight excluding hydrogens is 485 g/mol. The van der Waals surface area contributed by atoms with Crippen molar-refractivity contribution < 1.29 is 4.70 Å². The molecule has 0 atom stereocenters. The molecule has 0 saturated heterocycles. The van der Waals surface area contributed by atoms with Gasteiger partial charge in [-0.25, -0.2) is 0 Å². The summed E-state index contributed by atoms with van der Waals surface area (Å²) in [6.45, 7) is 9.62. The Morgan fingerprint density at radius 2 is 1.10 bits per heavy atom. The van der Waals surface area contributed by atoms with E-state index in [4.69, 9.17) is 11.6 Å². The van der Waals surface area contributed by atoms with E-state index in [0.29, 0.717) is 0 Å². The summed E-state index contributed by atoms with van der Waals surface area (Å²) in [6.07, 6.45) is 0. The molecule has 0 spiro atoms. The molecule has 0 N–H and O–H groups in total. The topological polar surface area (TPSA) is 0 Å². The molecule has 0 heterocycles. The Labute approximate surface area is 187 Å². The zero-order valence-electron chi connectivity index (χ0n) is 17.8. The average molecular weight is 517 g/mol. The summed E-state index contributed by atoms with van der Waals surface area (Å²) in [6, 6.07) is 30.6. The van der Waals surface area contributed by atoms with Crippen molar-refractivity contribution in [1.29, 1.82) is 0 Å². The van der Waals surface area contributed by atoms with Gasteiger partial charge in [0.25, 0.3) is 0 Å². The molecule has 3 aromatic carbocycles. The van der Waals surface area contributed by atoms with Crippen LogP contribution < -0.4 is 3.58 Å². The first-order chi connectivity index (χ1) is 13.3. The third-order valence-electron chi connectivity index (χ3n) is 5.65. The van der Waals surface area contributed by atoms with E-state index in [9.17, 15) is 0 Å². The molecule has 0 aliphatic rings. The van der Waals surface area contributed by atoms with E-state index < -0.39 is 19.8 Å². The zero-order valence-corrected chi connectivity index (χ0v) is 21.4. The molecule has 0 bridgehead atoms. The number of halogens is 2. The maximum atomic E-state index is 6.40. The van der Waals surface area contributed by atoms with Crippen molar-refractivity contribution >= 4 is 34.9 Å². The van der Waals surface area contributed by atoms with E-state index in [1.54, 1.807) is 0 Å². The van der Waals surface area contributed by atoms with Crippen LogP contribution in [0.25, 0.3) is 0 Å². The van der Waals surface area contributed by atoms with Crippen LogP contribution in [0, 0.1) is 0 Å². The predicted octanol–water partition coefficient (Wildman–Crippen LogP) is 7.15. The standard InChI is InChI=1S/2C10H13.C6H4Cl.FH.Sn/c2*1-10(2,3)9-7-5-4-6-8-9;7-6-4-2-1-3-5-6;;/h2*4-8H,1H2,2-3H3;1-2,4-5H;1H;. The van der Waals surface area contributed by atoms with E-state index in [-0.39, 0.29) is 15.5 Å². The van der Waals surface area contributed by atoms with Gasteiger partial charge in [0.15, 0.2) is 0 Å². The van der Waals surface area contributed by atoms with Crippen LogP contribution in [0.4, 0.5) is 4.70 Å². The van der Waals surface area contributed by atoms with Crippen LogP contribution in [0.1, 0.15) is 38.8 Å². The molecule has 0 nitrogen and oxygen atoms in total. The van der Waals surface area contributed by atoms with E-state index in [1.165, 1.54) is 23.6 Å². The Morgan fingerprint density at radius 3 is 1.52 bits per heavy atom. The third-order valence-corrected chi connectivity index (χ3v) is 16.6. The molecule has 0 fully saturated rings. The minimum absolute atomic E-state index is 0. The van der Waals surface area contributed by atoms with E-state index in [1.807, 2.05) is 6.07 Å². The Bertz CT molecular complexity index is 837. The van der Waals surface area contributed by atoms with Crippen molar-refractivity contribution in [1.82, 2.24) is 0 Å². The fourth-order valence-electron chi connectivity index (χ4n) is 4.02. The minimum Gasteiger partial charge on any atom is -0.269 e. The molecule has 29 heavy (non-hydrogen) atoms. The fourth-order valence-corrected chi connectivity index (χ4v) is 15.2. The van der Waals surface area contributed by atoms with E-state index in [2.05, 4.69) is 107 Å². The van der Waals surface area contributed by atoms with Gasteiger partial charge in [-0.05, 0) is 0 Å². The summed E-state index contributed by atoms with van der Waals surface area (Å²) in [7, 11) is 0. The predicted molar refractivity (Wildman–Crippen MR) is 128 cm³/mol. The van der Waals surface area contributed by atoms with Gasteiger partial charge in [0.05, 0.1) is 0 Å². The molecule has 0 aromatic heterocycles. The van der Waals surface area contributed by atoms with Gasteiger partial charge < -0.3 is 0 Å². The molecule has 3 aromatic rings. The molecule has 0 aliphatic carbocycles. The van der Waals surface area contributed by atoms with Crippen LogP contribution in [0.3, 0.4) is 0 Å². The SMILES string of the molecule is CC(C)([CH2][Sn]([CH2]C(C)(C)c1ccccc1)[c]1cccc(Cl)c1)c1ccccc1.F. The summed E-state index contributed by atoms with van der Waals surface area (Å²) in [5, 5.41) is 0.866. The molecule has 0 aliphatic heterocycles. The van der Waals surface area contributed by atoms with Crippen molar-refractivity contribution in [3.63, 3.8) is 0 Å². The summed E-state index contributed by atoms with van der Waals surface area (Å²) in [5.74, 6) is 0. The van der Waals surface area contributed by atoms with E-state index >= 15 is 0 Å². The van der Waals surface area contributed by atoms with Crippen LogP contribution in [-0.4, -0.2) is 19.8 Å². The quantitative estimate of drug-likeness (QED) is 0.293. The second kappa shape index (κ2) is 10.1. The number of hydrogen-bond acceptors (Lipinski definition) is 0. The van der Waals surface area contributed by atoms with Crippen molar-refractivity contribution in [3.8, 4) is 0 Å². The number of benzene rings is 3. The normalized spacial score (nSPS) is 11.9. The first-order valence-electron chi connectivity index (χ1n) is 10.00. The van der Waals surface area contributed by atoms with Crippen LogP contribution in [-0.2, 0) is 10.8 Å². The Kier molecular flexibility index (Phi) is 8.36. The van der Waals surface area contributed by atoms with Crippen LogP contribution in [0.2, 0.25) is 13.9 Å². The van der Waals surface area contributed by atoms with Crippen LogP contribution in [0.5, 0.6) is 0 Å². The Hall–Kier alpha value is -1.32. The van der Waals surface area contributed by atoms with Crippen molar-refractivity contribution in [2.24, 2.45) is 0 Å². The summed E-state index contributed by atoms with van der Waals surface area (Å²) in [5.41, 5.74) is 3.22. The monoisotopic (exact) mass is 517 g/mol. The minimum atomic E-state index is -2.01. The average Bonchev–Trinajstić information content (AvgIpc) is 2.68. The second-order valence-electron chi connectivity index (χ2n) is 8.97. The summed E-state index contributed by atoms with van der Waals surface area (Å²) >= 11 is 4.39. The maximum Gasteiger partial charge on any atom is -0.269 e. The van der Waals surface area contributed by atoms with Gasteiger partial charge in [-0.2, -0.15) is 0 Å². The van der Waals surface area contributed by atoms with Crippen LogP contribution >= 0.6 is 11.6 Å². The van der Waals surface area contributed by atoms with Crippen molar-refractivity contribution in [2.75, 3.05) is 0 Å². The first-order valence-corrected chi connectivity index (χ1v) is 15.8. The Morgan fingerprint density at radius 1 is 0.655 bits per heavy atom. The van der Waals surface area contributed by atoms with Gasteiger partial charge in [-0.15, -0.1) is 0 Å². The van der Waals surface area contributed by atoms with Gasteiger partial charge in [-0.3, -0.25) is 4.70 Å². The molecular formula is C26H31ClFSn. The molecule has 153 valence electrons. The smallest absolute Gasteiger partial charge is 0.269 e. The summed E-state index contributed by atoms with van der Waals surface area (Å²) in [4.78, 5) is 0. The second-order valence-corrected chi connectivity index (χ2v) is 16.5. The molecule has 0 unspecified atom stereocenters. The van der Waals surface area contributed by atoms with Crippen molar-refractivity contribution in [2.45, 2.75) is 47.4 Å². The fraction of sp³-hybridized carbons (Fsp3) is 0.308. The molecule has 3 rings (SSSR count). The van der Waals surface area contributed by atoms with Gasteiger partial charge >= 0.3 is 183 Å². The molecule has 0 saturated carbocycles. The Balaban J connectivity index is 0.00000300. The molecule has 3 heteroatoms. The number of hydrogen-bond donors (Lipinski definition) is 0. The van der Waals surface area contributed by atoms with Gasteiger partial charge in [0.2, 0.25) is 0 Å². The molecule has 0 amide bonds. The van der Waals surface area contributed by atoms with Crippen molar-refractivity contribution in [3.05, 3.63) is 101 Å².